The second-order valence-electron chi connectivity index (χ2n) is 9.36. The van der Waals surface area contributed by atoms with E-state index in [1.165, 1.54) is 0 Å². The predicted molar refractivity (Wildman–Crippen MR) is 126 cm³/mol. The van der Waals surface area contributed by atoms with E-state index in [4.69, 9.17) is 25.8 Å². The lowest BCUT2D eigenvalue weighted by molar-refractivity contribution is -0.185. The molecule has 2 aliphatic rings. The summed E-state index contributed by atoms with van der Waals surface area (Å²) in [5.41, 5.74) is 0.0832. The maximum Gasteiger partial charge on any atom is 0.317 e. The van der Waals surface area contributed by atoms with Gasteiger partial charge in [0.15, 0.2) is 5.78 Å². The summed E-state index contributed by atoms with van der Waals surface area (Å²) < 4.78 is 18.7. The molecule has 9 heteroatoms. The third-order valence-electron chi connectivity index (χ3n) is 7.27. The van der Waals surface area contributed by atoms with Gasteiger partial charge in [0.25, 0.3) is 0 Å². The van der Waals surface area contributed by atoms with Crippen LogP contribution in [0.5, 0.6) is 11.5 Å². The number of methoxy groups -OCH3 is 2. The Morgan fingerprint density at radius 1 is 1.18 bits per heavy atom. The zero-order valence-corrected chi connectivity index (χ0v) is 21.0. The summed E-state index contributed by atoms with van der Waals surface area (Å²) in [6.45, 7) is 1.79. The number of carbonyl (C=O) groups is 2. The molecule has 8 nitrogen and oxygen atoms in total. The average Bonchev–Trinajstić information content (AvgIpc) is 3.45. The summed E-state index contributed by atoms with van der Waals surface area (Å²) in [4.78, 5) is 30.9. The molecule has 2 unspecified atom stereocenters. The Bertz CT molecular complexity index is 1060. The van der Waals surface area contributed by atoms with Gasteiger partial charge in [-0.2, -0.15) is 5.10 Å². The summed E-state index contributed by atoms with van der Waals surface area (Å²) in [5, 5.41) is 4.72. The van der Waals surface area contributed by atoms with E-state index >= 15 is 0 Å². The lowest BCUT2D eigenvalue weighted by Crippen LogP contribution is -2.52. The highest BCUT2D eigenvalue weighted by Crippen LogP contribution is 2.46. The minimum atomic E-state index is -0.846. The van der Waals surface area contributed by atoms with Crippen LogP contribution in [0.25, 0.3) is 0 Å². The van der Waals surface area contributed by atoms with E-state index in [0.29, 0.717) is 41.0 Å². The summed E-state index contributed by atoms with van der Waals surface area (Å²) in [6.07, 6.45) is 5.59. The van der Waals surface area contributed by atoms with Crippen LogP contribution in [0.15, 0.2) is 12.1 Å². The second kappa shape index (κ2) is 9.94. The smallest absolute Gasteiger partial charge is 0.317 e. The average molecular weight is 490 g/mol. The van der Waals surface area contributed by atoms with Crippen LogP contribution in [0.1, 0.15) is 55.7 Å². The SMILES string of the molecule is COc1cc(OC)c(CCC2(C3CCCC3)CC(=O)C(Cc3nc(C)nn3C)C(=O)O2)cc1Cl. The van der Waals surface area contributed by atoms with Gasteiger partial charge in [-0.05, 0) is 50.2 Å². The molecule has 1 aliphatic heterocycles. The van der Waals surface area contributed by atoms with Gasteiger partial charge in [0.2, 0.25) is 0 Å². The maximum absolute atomic E-state index is 13.4. The number of hydrogen-bond donors (Lipinski definition) is 0. The quantitative estimate of drug-likeness (QED) is 0.408. The summed E-state index contributed by atoms with van der Waals surface area (Å²) >= 11 is 6.37. The highest BCUT2D eigenvalue weighted by Gasteiger charge is 2.51. The van der Waals surface area contributed by atoms with E-state index < -0.39 is 17.5 Å². The predicted octanol–water partition coefficient (Wildman–Crippen LogP) is 4.03. The number of rotatable bonds is 8. The van der Waals surface area contributed by atoms with Crippen LogP contribution in [0.2, 0.25) is 5.02 Å². The fraction of sp³-hybridized carbons (Fsp3) is 0.600. The molecule has 0 amide bonds. The zero-order valence-electron chi connectivity index (χ0n) is 20.2. The van der Waals surface area contributed by atoms with Crippen molar-refractivity contribution < 1.29 is 23.8 Å². The number of cyclic esters (lactones) is 1. The van der Waals surface area contributed by atoms with Crippen molar-refractivity contribution in [2.24, 2.45) is 18.9 Å². The van der Waals surface area contributed by atoms with E-state index in [0.717, 1.165) is 31.2 Å². The topological polar surface area (TPSA) is 92.5 Å². The highest BCUT2D eigenvalue weighted by molar-refractivity contribution is 6.32. The molecule has 1 saturated heterocycles. The lowest BCUT2D eigenvalue weighted by atomic mass is 9.73. The number of halogens is 1. The van der Waals surface area contributed by atoms with Gasteiger partial charge in [0.05, 0.1) is 19.2 Å². The molecule has 34 heavy (non-hydrogen) atoms. The number of ketones is 1. The lowest BCUT2D eigenvalue weighted by Gasteiger charge is -2.43. The molecule has 1 aliphatic carbocycles. The van der Waals surface area contributed by atoms with Crippen molar-refractivity contribution in [1.29, 1.82) is 0 Å². The first-order chi connectivity index (χ1) is 16.3. The third kappa shape index (κ3) is 4.78. The maximum atomic E-state index is 13.4. The van der Waals surface area contributed by atoms with Gasteiger partial charge in [-0.1, -0.05) is 24.4 Å². The number of nitrogens with zero attached hydrogens (tertiary/aromatic N) is 3. The van der Waals surface area contributed by atoms with E-state index in [1.54, 1.807) is 38.9 Å². The number of hydrogen-bond acceptors (Lipinski definition) is 7. The Morgan fingerprint density at radius 3 is 2.47 bits per heavy atom. The number of esters is 1. The van der Waals surface area contributed by atoms with Crippen molar-refractivity contribution in [3.63, 3.8) is 0 Å². The summed E-state index contributed by atoms with van der Waals surface area (Å²) in [6, 6.07) is 3.59. The van der Waals surface area contributed by atoms with Gasteiger partial charge in [0.1, 0.15) is 34.7 Å². The standard InChI is InChI=1S/C25H32ClN3O5/c1-15-27-23(29(2)28-15)12-18-20(30)14-25(34-24(18)31,17-7-5-6-8-17)10-9-16-11-19(26)22(33-4)13-21(16)32-3/h11,13,17-18H,5-10,12,14H2,1-4H3. The molecular weight excluding hydrogens is 458 g/mol. The molecule has 184 valence electrons. The molecule has 0 spiro atoms. The molecule has 2 heterocycles. The van der Waals surface area contributed by atoms with Crippen LogP contribution in [-0.2, 0) is 34.2 Å². The molecule has 1 saturated carbocycles. The number of ether oxygens (including phenoxy) is 3. The Hall–Kier alpha value is -2.61. The molecule has 2 aromatic rings. The zero-order chi connectivity index (χ0) is 24.5. The van der Waals surface area contributed by atoms with Crippen molar-refractivity contribution in [2.75, 3.05) is 14.2 Å². The third-order valence-corrected chi connectivity index (χ3v) is 7.56. The van der Waals surface area contributed by atoms with Crippen LogP contribution in [0, 0.1) is 18.8 Å². The minimum Gasteiger partial charge on any atom is -0.496 e. The Morgan fingerprint density at radius 2 is 1.88 bits per heavy atom. The van der Waals surface area contributed by atoms with Crippen molar-refractivity contribution in [1.82, 2.24) is 14.8 Å². The molecule has 2 atom stereocenters. The van der Waals surface area contributed by atoms with Crippen molar-refractivity contribution in [3.05, 3.63) is 34.4 Å². The highest BCUT2D eigenvalue weighted by atomic mass is 35.5. The normalized spacial score (nSPS) is 23.3. The monoisotopic (exact) mass is 489 g/mol. The van der Waals surface area contributed by atoms with Gasteiger partial charge in [-0.3, -0.25) is 14.3 Å². The van der Waals surface area contributed by atoms with Crippen LogP contribution in [0.4, 0.5) is 0 Å². The Balaban J connectivity index is 1.57. The molecule has 2 fully saturated rings. The van der Waals surface area contributed by atoms with Crippen LogP contribution in [-0.4, -0.2) is 46.3 Å². The first-order valence-electron chi connectivity index (χ1n) is 11.8. The van der Waals surface area contributed by atoms with Crippen LogP contribution < -0.4 is 9.47 Å². The van der Waals surface area contributed by atoms with E-state index in [9.17, 15) is 9.59 Å². The van der Waals surface area contributed by atoms with E-state index in [-0.39, 0.29) is 24.5 Å². The molecule has 1 aromatic heterocycles. The minimum absolute atomic E-state index is 0.0801. The van der Waals surface area contributed by atoms with Crippen molar-refractivity contribution in [3.8, 4) is 11.5 Å². The fourth-order valence-corrected chi connectivity index (χ4v) is 5.72. The molecular formula is C25H32ClN3O5. The van der Waals surface area contributed by atoms with Gasteiger partial charge in [-0.15, -0.1) is 0 Å². The second-order valence-corrected chi connectivity index (χ2v) is 9.77. The number of Topliss-reactive ketones (excluding diaryl/α,β-unsaturated/α-hetero) is 1. The molecule has 4 rings (SSSR count). The van der Waals surface area contributed by atoms with Gasteiger partial charge >= 0.3 is 5.97 Å². The number of carbonyl (C=O) groups excluding carboxylic acids is 2. The first-order valence-corrected chi connectivity index (χ1v) is 12.2. The van der Waals surface area contributed by atoms with Crippen molar-refractivity contribution in [2.45, 2.75) is 63.9 Å². The molecule has 0 radical (unpaired) electrons. The molecule has 1 aromatic carbocycles. The Kier molecular flexibility index (Phi) is 7.17. The van der Waals surface area contributed by atoms with Crippen molar-refractivity contribution >= 4 is 23.4 Å². The molecule has 0 N–H and O–H groups in total. The first kappa shape index (κ1) is 24.5. The van der Waals surface area contributed by atoms with E-state index in [1.807, 2.05) is 6.07 Å². The number of benzene rings is 1. The van der Waals surface area contributed by atoms with Gasteiger partial charge in [0, 0.05) is 26.0 Å². The largest absolute Gasteiger partial charge is 0.496 e. The molecule has 0 bridgehead atoms. The van der Waals surface area contributed by atoms with E-state index in [2.05, 4.69) is 10.1 Å². The van der Waals surface area contributed by atoms with Gasteiger partial charge < -0.3 is 14.2 Å². The number of aromatic nitrogens is 3. The van der Waals surface area contributed by atoms with Gasteiger partial charge in [-0.25, -0.2) is 4.98 Å². The summed E-state index contributed by atoms with van der Waals surface area (Å²) in [7, 11) is 4.92. The number of aryl methyl sites for hydroxylation is 3. The summed E-state index contributed by atoms with van der Waals surface area (Å²) in [5.74, 6) is 1.20. The van der Waals surface area contributed by atoms with Crippen LogP contribution in [0.3, 0.4) is 0 Å². The van der Waals surface area contributed by atoms with Crippen LogP contribution >= 0.6 is 11.6 Å². The Labute approximate surface area is 204 Å². The fourth-order valence-electron chi connectivity index (χ4n) is 5.46.